The van der Waals surface area contributed by atoms with E-state index >= 15 is 0 Å². The largest absolute Gasteiger partial charge is 0.435 e. The molecule has 0 spiro atoms. The first kappa shape index (κ1) is 20.1. The number of nitrogens with one attached hydrogen (secondary N) is 1. The maximum Gasteiger partial charge on any atom is 0.387 e. The minimum absolute atomic E-state index is 0.0767. The van der Waals surface area contributed by atoms with Gasteiger partial charge >= 0.3 is 6.61 Å². The number of amides is 1. The van der Waals surface area contributed by atoms with Crippen LogP contribution in [0.5, 0.6) is 5.75 Å². The fourth-order valence-electron chi connectivity index (χ4n) is 2.49. The molecule has 0 aliphatic heterocycles. The number of hydrogen-bond donors (Lipinski definition) is 1. The van der Waals surface area contributed by atoms with Crippen molar-refractivity contribution < 1.29 is 18.3 Å². The molecule has 4 nitrogen and oxygen atoms in total. The SMILES string of the molecule is CN(CC(=O)NCCc1ccc(OC(F)F)cc1)Cc1cccc(Cl)c1. The molecular formula is C19H21ClF2N2O2. The van der Waals surface area contributed by atoms with Crippen molar-refractivity contribution in [3.63, 3.8) is 0 Å². The normalized spacial score (nSPS) is 11.0. The molecule has 2 rings (SSSR count). The second-order valence-corrected chi connectivity index (χ2v) is 6.36. The summed E-state index contributed by atoms with van der Waals surface area (Å²) < 4.78 is 28.5. The fourth-order valence-corrected chi connectivity index (χ4v) is 2.70. The molecule has 140 valence electrons. The first-order chi connectivity index (χ1) is 12.4. The Morgan fingerprint density at radius 1 is 1.19 bits per heavy atom. The van der Waals surface area contributed by atoms with Crippen LogP contribution in [-0.2, 0) is 17.8 Å². The Labute approximate surface area is 156 Å². The maximum absolute atomic E-state index is 12.1. The maximum atomic E-state index is 12.1. The van der Waals surface area contributed by atoms with Crippen LogP contribution < -0.4 is 10.1 Å². The standard InChI is InChI=1S/C19H21ClF2N2O2/c1-24(12-15-3-2-4-16(20)11-15)13-18(25)23-10-9-14-5-7-17(8-6-14)26-19(21)22/h2-8,11,19H,9-10,12-13H2,1H3,(H,23,25). The fraction of sp³-hybridized carbons (Fsp3) is 0.316. The number of rotatable bonds is 9. The molecule has 26 heavy (non-hydrogen) atoms. The number of carbonyl (C=O) groups excluding carboxylic acids is 1. The monoisotopic (exact) mass is 382 g/mol. The molecule has 0 fully saturated rings. The number of benzene rings is 2. The topological polar surface area (TPSA) is 41.6 Å². The lowest BCUT2D eigenvalue weighted by molar-refractivity contribution is -0.122. The first-order valence-corrected chi connectivity index (χ1v) is 8.53. The molecule has 0 saturated carbocycles. The molecule has 2 aromatic rings. The smallest absolute Gasteiger partial charge is 0.387 e. The molecule has 2 aromatic carbocycles. The van der Waals surface area contributed by atoms with Gasteiger partial charge in [0.25, 0.3) is 0 Å². The van der Waals surface area contributed by atoms with E-state index in [4.69, 9.17) is 11.6 Å². The van der Waals surface area contributed by atoms with Crippen LogP contribution in [0, 0.1) is 0 Å². The Balaban J connectivity index is 1.69. The first-order valence-electron chi connectivity index (χ1n) is 8.16. The number of carbonyl (C=O) groups is 1. The Morgan fingerprint density at radius 3 is 2.58 bits per heavy atom. The van der Waals surface area contributed by atoms with Crippen LogP contribution in [0.25, 0.3) is 0 Å². The van der Waals surface area contributed by atoms with Crippen LogP contribution in [0.3, 0.4) is 0 Å². The lowest BCUT2D eigenvalue weighted by Crippen LogP contribution is -2.35. The number of halogens is 3. The van der Waals surface area contributed by atoms with Gasteiger partial charge in [0.1, 0.15) is 5.75 Å². The van der Waals surface area contributed by atoms with Crippen LogP contribution in [0.15, 0.2) is 48.5 Å². The third-order valence-corrected chi connectivity index (χ3v) is 3.87. The molecular weight excluding hydrogens is 362 g/mol. The summed E-state index contributed by atoms with van der Waals surface area (Å²) in [6, 6.07) is 13.9. The Hall–Kier alpha value is -2.18. The summed E-state index contributed by atoms with van der Waals surface area (Å²) in [4.78, 5) is 13.9. The second kappa shape index (κ2) is 10.1. The van der Waals surface area contributed by atoms with E-state index in [0.717, 1.165) is 11.1 Å². The van der Waals surface area contributed by atoms with Crippen LogP contribution in [-0.4, -0.2) is 37.6 Å². The zero-order chi connectivity index (χ0) is 18.9. The third-order valence-electron chi connectivity index (χ3n) is 3.64. The Morgan fingerprint density at radius 2 is 1.92 bits per heavy atom. The van der Waals surface area contributed by atoms with Gasteiger partial charge in [-0.2, -0.15) is 8.78 Å². The molecule has 0 unspecified atom stereocenters. The molecule has 7 heteroatoms. The van der Waals surface area contributed by atoms with Crippen LogP contribution in [0.4, 0.5) is 8.78 Å². The molecule has 0 radical (unpaired) electrons. The Kier molecular flexibility index (Phi) is 7.81. The van der Waals surface area contributed by atoms with Crippen molar-refractivity contribution in [3.05, 3.63) is 64.7 Å². The van der Waals surface area contributed by atoms with Crippen molar-refractivity contribution in [1.82, 2.24) is 10.2 Å². The summed E-state index contributed by atoms with van der Waals surface area (Å²) in [5.74, 6) is 0.0441. The number of likely N-dealkylation sites (N-methyl/N-ethyl adjacent to an activating group) is 1. The average Bonchev–Trinajstić information content (AvgIpc) is 2.56. The predicted molar refractivity (Wildman–Crippen MR) is 97.6 cm³/mol. The van der Waals surface area contributed by atoms with Gasteiger partial charge in [0, 0.05) is 18.1 Å². The molecule has 0 aliphatic rings. The molecule has 0 saturated heterocycles. The zero-order valence-corrected chi connectivity index (χ0v) is 15.2. The molecule has 1 amide bonds. The van der Waals surface area contributed by atoms with Gasteiger partial charge in [-0.15, -0.1) is 0 Å². The summed E-state index contributed by atoms with van der Waals surface area (Å²) >= 11 is 5.95. The molecule has 0 aliphatic carbocycles. The van der Waals surface area contributed by atoms with Gasteiger partial charge in [0.2, 0.25) is 5.91 Å². The molecule has 0 bridgehead atoms. The molecule has 1 N–H and O–H groups in total. The van der Waals surface area contributed by atoms with Crippen LogP contribution in [0.1, 0.15) is 11.1 Å². The predicted octanol–water partition coefficient (Wildman–Crippen LogP) is 3.73. The van der Waals surface area contributed by atoms with Gasteiger partial charge in [-0.25, -0.2) is 0 Å². The van der Waals surface area contributed by atoms with E-state index in [1.54, 1.807) is 12.1 Å². The summed E-state index contributed by atoms with van der Waals surface area (Å²) in [5.41, 5.74) is 1.97. The van der Waals surface area contributed by atoms with Gasteiger partial charge < -0.3 is 10.1 Å². The summed E-state index contributed by atoms with van der Waals surface area (Å²) in [6.07, 6.45) is 0.610. The van der Waals surface area contributed by atoms with E-state index in [0.29, 0.717) is 24.5 Å². The van der Waals surface area contributed by atoms with Crippen LogP contribution >= 0.6 is 11.6 Å². The highest BCUT2D eigenvalue weighted by molar-refractivity contribution is 6.30. The van der Waals surface area contributed by atoms with E-state index in [9.17, 15) is 13.6 Å². The van der Waals surface area contributed by atoms with E-state index in [2.05, 4.69) is 10.1 Å². The van der Waals surface area contributed by atoms with E-state index < -0.39 is 6.61 Å². The van der Waals surface area contributed by atoms with Crippen molar-refractivity contribution in [2.45, 2.75) is 19.6 Å². The third kappa shape index (κ3) is 7.37. The summed E-state index contributed by atoms with van der Waals surface area (Å²) in [7, 11) is 1.86. The minimum Gasteiger partial charge on any atom is -0.435 e. The molecule has 0 heterocycles. The average molecular weight is 383 g/mol. The highest BCUT2D eigenvalue weighted by atomic mass is 35.5. The van der Waals surface area contributed by atoms with Crippen molar-refractivity contribution in [1.29, 1.82) is 0 Å². The molecule has 0 aromatic heterocycles. The summed E-state index contributed by atoms with van der Waals surface area (Å²) in [6.45, 7) is -1.46. The van der Waals surface area contributed by atoms with Crippen LogP contribution in [0.2, 0.25) is 5.02 Å². The quantitative estimate of drug-likeness (QED) is 0.718. The van der Waals surface area contributed by atoms with E-state index in [-0.39, 0.29) is 18.2 Å². The van der Waals surface area contributed by atoms with Crippen molar-refractivity contribution in [2.24, 2.45) is 0 Å². The van der Waals surface area contributed by atoms with E-state index in [1.807, 2.05) is 36.2 Å². The lowest BCUT2D eigenvalue weighted by atomic mass is 10.1. The van der Waals surface area contributed by atoms with Gasteiger partial charge in [0.15, 0.2) is 0 Å². The highest BCUT2D eigenvalue weighted by Crippen LogP contribution is 2.15. The number of alkyl halides is 2. The van der Waals surface area contributed by atoms with Crippen molar-refractivity contribution in [2.75, 3.05) is 20.1 Å². The van der Waals surface area contributed by atoms with Gasteiger partial charge in [0.05, 0.1) is 6.54 Å². The Bertz CT molecular complexity index is 711. The highest BCUT2D eigenvalue weighted by Gasteiger charge is 2.08. The minimum atomic E-state index is -2.83. The van der Waals surface area contributed by atoms with Gasteiger partial charge in [-0.1, -0.05) is 35.9 Å². The van der Waals surface area contributed by atoms with Crippen molar-refractivity contribution >= 4 is 17.5 Å². The second-order valence-electron chi connectivity index (χ2n) is 5.92. The van der Waals surface area contributed by atoms with Crippen molar-refractivity contribution in [3.8, 4) is 5.75 Å². The van der Waals surface area contributed by atoms with E-state index in [1.165, 1.54) is 12.1 Å². The molecule has 0 atom stereocenters. The number of hydrogen-bond acceptors (Lipinski definition) is 3. The summed E-state index contributed by atoms with van der Waals surface area (Å²) in [5, 5.41) is 3.52. The zero-order valence-electron chi connectivity index (χ0n) is 14.4. The lowest BCUT2D eigenvalue weighted by Gasteiger charge is -2.16. The number of ether oxygens (including phenoxy) is 1. The van der Waals surface area contributed by atoms with Gasteiger partial charge in [-0.05, 0) is 48.9 Å². The number of nitrogens with zero attached hydrogens (tertiary/aromatic N) is 1. The van der Waals surface area contributed by atoms with Gasteiger partial charge in [-0.3, -0.25) is 9.69 Å².